The summed E-state index contributed by atoms with van der Waals surface area (Å²) < 4.78 is 0. The molecule has 0 aromatic carbocycles. The van der Waals surface area contributed by atoms with Crippen LogP contribution in [0.4, 0.5) is 0 Å². The molecule has 1 heterocycles. The number of carbonyl (C=O) groups is 1. The second kappa shape index (κ2) is 11.8. The Balaban J connectivity index is 2.67. The van der Waals surface area contributed by atoms with Crippen molar-refractivity contribution in [1.29, 1.82) is 0 Å². The van der Waals surface area contributed by atoms with Crippen LogP contribution in [0.1, 0.15) is 20.8 Å². The molecule has 0 radical (unpaired) electrons. The van der Waals surface area contributed by atoms with Gasteiger partial charge in [0, 0.05) is 59.4 Å². The van der Waals surface area contributed by atoms with Gasteiger partial charge in [0.15, 0.2) is 0 Å². The van der Waals surface area contributed by atoms with Crippen molar-refractivity contribution < 1.29 is 4.79 Å². The fourth-order valence-corrected chi connectivity index (χ4v) is 2.97. The minimum Gasteiger partial charge on any atom is -0.358 e. The standard InChI is InChI=1S/C17H37N5O/c1-5-19-8-10-20(6-2)12-14-22(16-17(23)18-4)15-13-21(7-3)11-9-19/h5-16H2,1-4H3,(H,18,23). The van der Waals surface area contributed by atoms with E-state index in [0.29, 0.717) is 6.54 Å². The van der Waals surface area contributed by atoms with Crippen LogP contribution in [0.15, 0.2) is 0 Å². The number of likely N-dealkylation sites (N-methyl/N-ethyl adjacent to an activating group) is 4. The molecular formula is C17H37N5O. The molecule has 1 rings (SSSR count). The number of amides is 1. The smallest absolute Gasteiger partial charge is 0.233 e. The van der Waals surface area contributed by atoms with Crippen molar-refractivity contribution in [3.8, 4) is 0 Å². The number of carbonyl (C=O) groups excluding carboxylic acids is 1. The maximum atomic E-state index is 11.8. The number of hydrogen-bond acceptors (Lipinski definition) is 5. The molecule has 0 atom stereocenters. The highest BCUT2D eigenvalue weighted by molar-refractivity contribution is 5.77. The molecule has 0 unspecified atom stereocenters. The molecule has 1 aliphatic rings. The first kappa shape index (κ1) is 20.4. The van der Waals surface area contributed by atoms with Crippen LogP contribution in [-0.2, 0) is 4.79 Å². The lowest BCUT2D eigenvalue weighted by atomic mass is 10.3. The van der Waals surface area contributed by atoms with E-state index in [1.54, 1.807) is 7.05 Å². The summed E-state index contributed by atoms with van der Waals surface area (Å²) in [6, 6.07) is 0. The van der Waals surface area contributed by atoms with Gasteiger partial charge in [-0.25, -0.2) is 0 Å². The van der Waals surface area contributed by atoms with Crippen LogP contribution in [0.25, 0.3) is 0 Å². The van der Waals surface area contributed by atoms with Crippen molar-refractivity contribution >= 4 is 5.91 Å². The quantitative estimate of drug-likeness (QED) is 0.771. The van der Waals surface area contributed by atoms with E-state index < -0.39 is 0 Å². The van der Waals surface area contributed by atoms with Gasteiger partial charge in [0.2, 0.25) is 5.91 Å². The second-order valence-electron chi connectivity index (χ2n) is 6.25. The normalized spacial score (nSPS) is 21.6. The van der Waals surface area contributed by atoms with Gasteiger partial charge in [-0.1, -0.05) is 20.8 Å². The monoisotopic (exact) mass is 327 g/mol. The highest BCUT2D eigenvalue weighted by Crippen LogP contribution is 2.00. The van der Waals surface area contributed by atoms with Crippen molar-refractivity contribution in [1.82, 2.24) is 24.9 Å². The molecule has 6 heteroatoms. The van der Waals surface area contributed by atoms with Gasteiger partial charge in [-0.05, 0) is 19.6 Å². The van der Waals surface area contributed by atoms with Crippen molar-refractivity contribution in [3.63, 3.8) is 0 Å². The number of nitrogens with one attached hydrogen (secondary N) is 1. The predicted octanol–water partition coefficient (Wildman–Crippen LogP) is 0.0137. The van der Waals surface area contributed by atoms with Crippen molar-refractivity contribution in [2.75, 3.05) is 85.6 Å². The Morgan fingerprint density at radius 1 is 0.696 bits per heavy atom. The lowest BCUT2D eigenvalue weighted by Crippen LogP contribution is -2.47. The van der Waals surface area contributed by atoms with Crippen LogP contribution in [0.3, 0.4) is 0 Å². The second-order valence-corrected chi connectivity index (χ2v) is 6.25. The van der Waals surface area contributed by atoms with Crippen molar-refractivity contribution in [3.05, 3.63) is 0 Å². The molecule has 1 aliphatic heterocycles. The molecule has 6 nitrogen and oxygen atoms in total. The highest BCUT2D eigenvalue weighted by Gasteiger charge is 2.16. The van der Waals surface area contributed by atoms with E-state index in [9.17, 15) is 4.79 Å². The molecule has 1 amide bonds. The number of nitrogens with zero attached hydrogens (tertiary/aromatic N) is 4. The molecule has 0 aliphatic carbocycles. The maximum absolute atomic E-state index is 11.8. The third kappa shape index (κ3) is 8.11. The van der Waals surface area contributed by atoms with Crippen LogP contribution >= 0.6 is 0 Å². The summed E-state index contributed by atoms with van der Waals surface area (Å²) in [7, 11) is 1.72. The van der Waals surface area contributed by atoms with Gasteiger partial charge in [-0.2, -0.15) is 0 Å². The third-order valence-electron chi connectivity index (χ3n) is 4.92. The van der Waals surface area contributed by atoms with E-state index in [1.807, 2.05) is 0 Å². The van der Waals surface area contributed by atoms with Gasteiger partial charge in [0.25, 0.3) is 0 Å². The molecule has 1 fully saturated rings. The minimum absolute atomic E-state index is 0.111. The van der Waals surface area contributed by atoms with E-state index >= 15 is 0 Å². The lowest BCUT2D eigenvalue weighted by Gasteiger charge is -2.33. The SMILES string of the molecule is CCN1CCN(CC)CCN(CC(=O)NC)CCN(CC)CC1. The molecule has 1 N–H and O–H groups in total. The summed E-state index contributed by atoms with van der Waals surface area (Å²) in [4.78, 5) is 21.6. The zero-order valence-corrected chi connectivity index (χ0v) is 15.7. The maximum Gasteiger partial charge on any atom is 0.233 e. The molecule has 1 saturated heterocycles. The first-order chi connectivity index (χ1) is 11.1. The van der Waals surface area contributed by atoms with Gasteiger partial charge in [0.05, 0.1) is 6.54 Å². The Morgan fingerprint density at radius 3 is 1.26 bits per heavy atom. The average molecular weight is 328 g/mol. The Morgan fingerprint density at radius 2 is 1.00 bits per heavy atom. The van der Waals surface area contributed by atoms with Gasteiger partial charge in [-0.3, -0.25) is 9.69 Å². The van der Waals surface area contributed by atoms with Crippen LogP contribution in [0.5, 0.6) is 0 Å². The van der Waals surface area contributed by atoms with E-state index in [0.717, 1.165) is 72.0 Å². The number of rotatable bonds is 5. The van der Waals surface area contributed by atoms with Crippen LogP contribution in [0.2, 0.25) is 0 Å². The van der Waals surface area contributed by atoms with Gasteiger partial charge in [0.1, 0.15) is 0 Å². The Hall–Kier alpha value is -0.690. The van der Waals surface area contributed by atoms with Gasteiger partial charge in [-0.15, -0.1) is 0 Å². The summed E-state index contributed by atoms with van der Waals surface area (Å²) in [5.41, 5.74) is 0. The molecule has 23 heavy (non-hydrogen) atoms. The summed E-state index contributed by atoms with van der Waals surface area (Å²) >= 11 is 0. The fraction of sp³-hybridized carbons (Fsp3) is 0.941. The Labute approximate surface area is 142 Å². The fourth-order valence-electron chi connectivity index (χ4n) is 2.97. The molecule has 0 spiro atoms. The lowest BCUT2D eigenvalue weighted by molar-refractivity contribution is -0.121. The zero-order valence-electron chi connectivity index (χ0n) is 15.7. The average Bonchev–Trinajstić information content (AvgIpc) is 2.57. The van der Waals surface area contributed by atoms with Crippen molar-refractivity contribution in [2.45, 2.75) is 20.8 Å². The highest BCUT2D eigenvalue weighted by atomic mass is 16.1. The predicted molar refractivity (Wildman–Crippen MR) is 96.8 cm³/mol. The molecule has 0 aromatic rings. The molecule has 136 valence electrons. The van der Waals surface area contributed by atoms with E-state index in [1.165, 1.54) is 0 Å². The topological polar surface area (TPSA) is 42.1 Å². The number of hydrogen-bond donors (Lipinski definition) is 1. The molecular weight excluding hydrogens is 290 g/mol. The van der Waals surface area contributed by atoms with Crippen LogP contribution in [-0.4, -0.2) is 111 Å². The van der Waals surface area contributed by atoms with E-state index in [4.69, 9.17) is 0 Å². The first-order valence-corrected chi connectivity index (χ1v) is 9.22. The summed E-state index contributed by atoms with van der Waals surface area (Å²) in [6.45, 7) is 19.0. The van der Waals surface area contributed by atoms with Crippen LogP contribution < -0.4 is 5.32 Å². The Kier molecular flexibility index (Phi) is 10.4. The summed E-state index contributed by atoms with van der Waals surface area (Å²) in [5.74, 6) is 0.111. The van der Waals surface area contributed by atoms with Gasteiger partial charge < -0.3 is 20.0 Å². The zero-order chi connectivity index (χ0) is 17.1. The summed E-state index contributed by atoms with van der Waals surface area (Å²) in [6.07, 6.45) is 0. The largest absolute Gasteiger partial charge is 0.358 e. The molecule has 0 bridgehead atoms. The third-order valence-corrected chi connectivity index (χ3v) is 4.92. The Bertz CT molecular complexity index is 306. The molecule has 0 aromatic heterocycles. The van der Waals surface area contributed by atoms with Gasteiger partial charge >= 0.3 is 0 Å². The van der Waals surface area contributed by atoms with Crippen LogP contribution in [0, 0.1) is 0 Å². The first-order valence-electron chi connectivity index (χ1n) is 9.22. The van der Waals surface area contributed by atoms with Crippen molar-refractivity contribution in [2.24, 2.45) is 0 Å². The van der Waals surface area contributed by atoms with E-state index in [2.05, 4.69) is 45.7 Å². The van der Waals surface area contributed by atoms with E-state index in [-0.39, 0.29) is 5.91 Å². The minimum atomic E-state index is 0.111. The summed E-state index contributed by atoms with van der Waals surface area (Å²) in [5, 5.41) is 2.75. The molecule has 0 saturated carbocycles.